The fourth-order valence-corrected chi connectivity index (χ4v) is 2.39. The Labute approximate surface area is 89.9 Å². The lowest BCUT2D eigenvalue weighted by Gasteiger charge is -2.01. The molecule has 0 saturated heterocycles. The van der Waals surface area contributed by atoms with Crippen molar-refractivity contribution in [2.24, 2.45) is 0 Å². The van der Waals surface area contributed by atoms with Crippen LogP contribution in [-0.2, 0) is 0 Å². The number of hydrogen-bond donors (Lipinski definition) is 1. The summed E-state index contributed by atoms with van der Waals surface area (Å²) in [5.74, 6) is -0.339. The summed E-state index contributed by atoms with van der Waals surface area (Å²) in [4.78, 5) is 0.740. The van der Waals surface area contributed by atoms with E-state index in [1.807, 2.05) is 5.38 Å². The Balaban J connectivity index is 2.58. The van der Waals surface area contributed by atoms with Gasteiger partial charge in [-0.25, -0.2) is 4.39 Å². The van der Waals surface area contributed by atoms with E-state index >= 15 is 0 Å². The maximum Gasteiger partial charge on any atom is 0.133 e. The summed E-state index contributed by atoms with van der Waals surface area (Å²) in [6, 6.07) is 6.35. The van der Waals surface area contributed by atoms with Gasteiger partial charge in [-0.05, 0) is 29.6 Å². The van der Waals surface area contributed by atoms with Gasteiger partial charge in [-0.15, -0.1) is 11.3 Å². The molecule has 1 heterocycles. The molecule has 14 heavy (non-hydrogen) atoms. The van der Waals surface area contributed by atoms with E-state index in [1.54, 1.807) is 18.2 Å². The lowest BCUT2D eigenvalue weighted by molar-refractivity contribution is 0.632. The second-order valence-electron chi connectivity index (χ2n) is 2.84. The van der Waals surface area contributed by atoms with Crippen molar-refractivity contribution < 1.29 is 4.39 Å². The van der Waals surface area contributed by atoms with E-state index in [0.717, 1.165) is 4.88 Å². The molecule has 0 amide bonds. The number of anilines is 1. The molecule has 0 bridgehead atoms. The summed E-state index contributed by atoms with van der Waals surface area (Å²) in [5.41, 5.74) is 6.36. The molecule has 2 aromatic rings. The molecule has 0 aliphatic rings. The first-order valence-electron chi connectivity index (χ1n) is 3.97. The van der Waals surface area contributed by atoms with Crippen LogP contribution in [0.1, 0.15) is 0 Å². The molecule has 0 fully saturated rings. The van der Waals surface area contributed by atoms with Crippen LogP contribution in [0.2, 0.25) is 5.02 Å². The maximum atomic E-state index is 13.5. The predicted octanol–water partition coefficient (Wildman–Crippen LogP) is 3.79. The molecule has 0 radical (unpaired) electrons. The average Bonchev–Trinajstić information content (AvgIpc) is 2.52. The molecule has 0 unspecified atom stereocenters. The van der Waals surface area contributed by atoms with Crippen molar-refractivity contribution in [2.45, 2.75) is 0 Å². The third-order valence-electron chi connectivity index (χ3n) is 1.85. The zero-order chi connectivity index (χ0) is 10.1. The first kappa shape index (κ1) is 9.49. The molecule has 0 aliphatic heterocycles. The zero-order valence-electron chi connectivity index (χ0n) is 7.13. The summed E-state index contributed by atoms with van der Waals surface area (Å²) in [6.07, 6.45) is 0. The van der Waals surface area contributed by atoms with Crippen LogP contribution >= 0.6 is 22.9 Å². The molecule has 0 spiro atoms. The Kier molecular flexibility index (Phi) is 2.44. The van der Waals surface area contributed by atoms with Crippen LogP contribution < -0.4 is 5.73 Å². The molecule has 2 N–H and O–H groups in total. The monoisotopic (exact) mass is 227 g/mol. The Bertz CT molecular complexity index is 467. The van der Waals surface area contributed by atoms with Gasteiger partial charge in [-0.3, -0.25) is 0 Å². The van der Waals surface area contributed by atoms with E-state index < -0.39 is 0 Å². The van der Waals surface area contributed by atoms with Crippen LogP contribution in [0.3, 0.4) is 0 Å². The smallest absolute Gasteiger partial charge is 0.133 e. The Hall–Kier alpha value is -1.06. The van der Waals surface area contributed by atoms with Crippen molar-refractivity contribution in [3.8, 4) is 10.4 Å². The maximum absolute atomic E-state index is 13.5. The highest BCUT2D eigenvalue weighted by Gasteiger charge is 2.09. The molecule has 1 aromatic heterocycles. The van der Waals surface area contributed by atoms with Gasteiger partial charge in [-0.2, -0.15) is 0 Å². The second-order valence-corrected chi connectivity index (χ2v) is 4.16. The van der Waals surface area contributed by atoms with Gasteiger partial charge in [0, 0.05) is 11.3 Å². The van der Waals surface area contributed by atoms with Crippen molar-refractivity contribution in [1.29, 1.82) is 0 Å². The van der Waals surface area contributed by atoms with Crippen molar-refractivity contribution in [1.82, 2.24) is 0 Å². The number of halogens is 2. The molecule has 0 saturated carbocycles. The number of thiophene rings is 1. The SMILES string of the molecule is Nc1ccc(-c2sccc2Cl)c(F)c1. The average molecular weight is 228 g/mol. The predicted molar refractivity (Wildman–Crippen MR) is 59.1 cm³/mol. The Morgan fingerprint density at radius 1 is 1.29 bits per heavy atom. The zero-order valence-corrected chi connectivity index (χ0v) is 8.70. The summed E-state index contributed by atoms with van der Waals surface area (Å²) in [7, 11) is 0. The van der Waals surface area contributed by atoms with Crippen LogP contribution in [0.25, 0.3) is 10.4 Å². The summed E-state index contributed by atoms with van der Waals surface area (Å²) in [5, 5.41) is 2.40. The largest absolute Gasteiger partial charge is 0.399 e. The first-order chi connectivity index (χ1) is 6.68. The van der Waals surface area contributed by atoms with Crippen LogP contribution in [-0.4, -0.2) is 0 Å². The topological polar surface area (TPSA) is 26.0 Å². The number of nitrogen functional groups attached to an aromatic ring is 1. The van der Waals surface area contributed by atoms with Crippen molar-refractivity contribution in [3.05, 3.63) is 40.5 Å². The molecule has 72 valence electrons. The lowest BCUT2D eigenvalue weighted by atomic mass is 10.1. The third-order valence-corrected chi connectivity index (χ3v) is 3.23. The van der Waals surface area contributed by atoms with E-state index in [1.165, 1.54) is 17.4 Å². The third kappa shape index (κ3) is 1.61. The number of nitrogens with two attached hydrogens (primary N) is 1. The standard InChI is InChI=1S/C10H7ClFNS/c11-8-3-4-14-10(8)7-2-1-6(13)5-9(7)12/h1-5H,13H2. The molecule has 4 heteroatoms. The normalized spacial score (nSPS) is 10.4. The van der Waals surface area contributed by atoms with Crippen molar-refractivity contribution in [3.63, 3.8) is 0 Å². The number of benzene rings is 1. The highest BCUT2D eigenvalue weighted by atomic mass is 35.5. The van der Waals surface area contributed by atoms with E-state index in [0.29, 0.717) is 16.3 Å². The second kappa shape index (κ2) is 3.59. The molecule has 2 rings (SSSR count). The van der Waals surface area contributed by atoms with Crippen molar-refractivity contribution >= 4 is 28.6 Å². The van der Waals surface area contributed by atoms with E-state index in [4.69, 9.17) is 17.3 Å². The van der Waals surface area contributed by atoms with Gasteiger partial charge in [0.2, 0.25) is 0 Å². The van der Waals surface area contributed by atoms with Gasteiger partial charge in [0.1, 0.15) is 5.82 Å². The van der Waals surface area contributed by atoms with Crippen molar-refractivity contribution in [2.75, 3.05) is 5.73 Å². The van der Waals surface area contributed by atoms with E-state index in [2.05, 4.69) is 0 Å². The lowest BCUT2D eigenvalue weighted by Crippen LogP contribution is -1.88. The van der Waals surface area contributed by atoms with Gasteiger partial charge < -0.3 is 5.73 Å². The molecule has 0 atom stereocenters. The Morgan fingerprint density at radius 3 is 2.64 bits per heavy atom. The van der Waals surface area contributed by atoms with Crippen LogP contribution in [0.15, 0.2) is 29.6 Å². The fourth-order valence-electron chi connectivity index (χ4n) is 1.20. The van der Waals surface area contributed by atoms with E-state index in [9.17, 15) is 4.39 Å². The van der Waals surface area contributed by atoms with Crippen LogP contribution in [0, 0.1) is 5.82 Å². The molecule has 1 nitrogen and oxygen atoms in total. The number of rotatable bonds is 1. The van der Waals surface area contributed by atoms with Gasteiger partial charge in [-0.1, -0.05) is 11.6 Å². The van der Waals surface area contributed by atoms with Gasteiger partial charge in [0.15, 0.2) is 0 Å². The fraction of sp³-hybridized carbons (Fsp3) is 0. The quantitative estimate of drug-likeness (QED) is 0.737. The van der Waals surface area contributed by atoms with Crippen LogP contribution in [0.4, 0.5) is 10.1 Å². The molecule has 1 aromatic carbocycles. The van der Waals surface area contributed by atoms with Gasteiger partial charge in [0.05, 0.1) is 9.90 Å². The molecular weight excluding hydrogens is 221 g/mol. The highest BCUT2D eigenvalue weighted by Crippen LogP contribution is 2.35. The summed E-state index contributed by atoms with van der Waals surface area (Å²) >= 11 is 7.31. The summed E-state index contributed by atoms with van der Waals surface area (Å²) in [6.45, 7) is 0. The first-order valence-corrected chi connectivity index (χ1v) is 5.22. The van der Waals surface area contributed by atoms with E-state index in [-0.39, 0.29) is 5.82 Å². The summed E-state index contributed by atoms with van der Waals surface area (Å²) < 4.78 is 13.5. The van der Waals surface area contributed by atoms with Gasteiger partial charge in [0.25, 0.3) is 0 Å². The van der Waals surface area contributed by atoms with Gasteiger partial charge >= 0.3 is 0 Å². The minimum absolute atomic E-state index is 0.339. The Morgan fingerprint density at radius 2 is 2.07 bits per heavy atom. The van der Waals surface area contributed by atoms with Crippen LogP contribution in [0.5, 0.6) is 0 Å². The minimum atomic E-state index is -0.339. The molecular formula is C10H7ClFNS. The number of hydrogen-bond acceptors (Lipinski definition) is 2. The molecule has 0 aliphatic carbocycles. The highest BCUT2D eigenvalue weighted by molar-refractivity contribution is 7.14. The minimum Gasteiger partial charge on any atom is -0.399 e.